The van der Waals surface area contributed by atoms with Crippen LogP contribution in [0, 0.1) is 0 Å². The summed E-state index contributed by atoms with van der Waals surface area (Å²) in [4.78, 5) is 11.5. The van der Waals surface area contributed by atoms with Gasteiger partial charge in [-0.3, -0.25) is 4.79 Å². The maximum absolute atomic E-state index is 11.5. The third kappa shape index (κ3) is 5.54. The number of carbonyl (C=O) groups is 1. The van der Waals surface area contributed by atoms with Crippen LogP contribution in [0.25, 0.3) is 0 Å². The number of nitrogens with two attached hydrogens (primary N) is 1. The third-order valence-corrected chi connectivity index (χ3v) is 2.15. The number of benzene rings is 1. The van der Waals surface area contributed by atoms with Crippen molar-refractivity contribution in [1.29, 1.82) is 0 Å². The molecule has 0 unspecified atom stereocenters. The topological polar surface area (TPSA) is 73.6 Å². The van der Waals surface area contributed by atoms with Crippen LogP contribution in [0.2, 0.25) is 0 Å². The molecule has 0 saturated heterocycles. The maximum atomic E-state index is 11.5. The second kappa shape index (κ2) is 6.26. The maximum Gasteiger partial charge on any atom is 0.258 e. The molecule has 1 amide bonds. The van der Waals surface area contributed by atoms with Crippen LogP contribution in [0.3, 0.4) is 0 Å². The second-order valence-corrected chi connectivity index (χ2v) is 4.73. The van der Waals surface area contributed by atoms with Gasteiger partial charge < -0.3 is 20.5 Å². The van der Waals surface area contributed by atoms with Crippen molar-refractivity contribution in [3.05, 3.63) is 24.3 Å². The zero-order valence-electron chi connectivity index (χ0n) is 11.0. The van der Waals surface area contributed by atoms with Crippen LogP contribution in [0.5, 0.6) is 11.5 Å². The highest BCUT2D eigenvalue weighted by Crippen LogP contribution is 2.18. The molecule has 18 heavy (non-hydrogen) atoms. The second-order valence-electron chi connectivity index (χ2n) is 4.73. The monoisotopic (exact) mass is 252 g/mol. The summed E-state index contributed by atoms with van der Waals surface area (Å²) < 4.78 is 10.4. The highest BCUT2D eigenvalue weighted by molar-refractivity contribution is 5.77. The molecule has 0 aromatic heterocycles. The molecule has 0 atom stereocenters. The minimum atomic E-state index is -0.425. The summed E-state index contributed by atoms with van der Waals surface area (Å²) in [7, 11) is 1.58. The van der Waals surface area contributed by atoms with E-state index in [0.29, 0.717) is 18.0 Å². The Morgan fingerprint density at radius 2 is 2.06 bits per heavy atom. The van der Waals surface area contributed by atoms with Crippen molar-refractivity contribution in [2.24, 2.45) is 5.73 Å². The van der Waals surface area contributed by atoms with E-state index in [0.717, 1.165) is 0 Å². The summed E-state index contributed by atoms with van der Waals surface area (Å²) in [6.07, 6.45) is 0. The van der Waals surface area contributed by atoms with Gasteiger partial charge in [0.05, 0.1) is 7.11 Å². The van der Waals surface area contributed by atoms with Crippen LogP contribution >= 0.6 is 0 Å². The quantitative estimate of drug-likeness (QED) is 0.790. The van der Waals surface area contributed by atoms with Crippen LogP contribution < -0.4 is 20.5 Å². The molecule has 0 aliphatic heterocycles. The van der Waals surface area contributed by atoms with Gasteiger partial charge in [0.25, 0.3) is 5.91 Å². The highest BCUT2D eigenvalue weighted by Gasteiger charge is 2.12. The largest absolute Gasteiger partial charge is 0.497 e. The lowest BCUT2D eigenvalue weighted by molar-refractivity contribution is -0.123. The molecular weight excluding hydrogens is 232 g/mol. The summed E-state index contributed by atoms with van der Waals surface area (Å²) in [6.45, 7) is 4.06. The average Bonchev–Trinajstić information content (AvgIpc) is 2.33. The molecule has 0 heterocycles. The number of rotatable bonds is 6. The first-order valence-corrected chi connectivity index (χ1v) is 5.73. The van der Waals surface area contributed by atoms with Gasteiger partial charge in [0.1, 0.15) is 11.5 Å². The number of nitrogens with one attached hydrogen (secondary N) is 1. The van der Waals surface area contributed by atoms with E-state index in [9.17, 15) is 4.79 Å². The fraction of sp³-hybridized carbons (Fsp3) is 0.462. The normalized spacial score (nSPS) is 10.9. The summed E-state index contributed by atoms with van der Waals surface area (Å²) >= 11 is 0. The van der Waals surface area contributed by atoms with Gasteiger partial charge in [-0.25, -0.2) is 0 Å². The Balaban J connectivity index is 2.38. The van der Waals surface area contributed by atoms with E-state index in [1.807, 2.05) is 19.9 Å². The SMILES string of the molecule is COc1cccc(OCC(=O)NCC(C)(C)N)c1. The predicted octanol–water partition coefficient (Wildman–Crippen LogP) is 0.927. The minimum Gasteiger partial charge on any atom is -0.497 e. The van der Waals surface area contributed by atoms with Gasteiger partial charge in [0, 0.05) is 18.2 Å². The van der Waals surface area contributed by atoms with Crippen LogP contribution in [0.15, 0.2) is 24.3 Å². The molecule has 0 spiro atoms. The number of amides is 1. The fourth-order valence-corrected chi connectivity index (χ4v) is 1.22. The highest BCUT2D eigenvalue weighted by atomic mass is 16.5. The van der Waals surface area contributed by atoms with Crippen molar-refractivity contribution in [2.45, 2.75) is 19.4 Å². The summed E-state index contributed by atoms with van der Waals surface area (Å²) in [5.74, 6) is 1.09. The van der Waals surface area contributed by atoms with Crippen molar-refractivity contribution in [2.75, 3.05) is 20.3 Å². The summed E-state index contributed by atoms with van der Waals surface area (Å²) in [5.41, 5.74) is 5.33. The van der Waals surface area contributed by atoms with Crippen molar-refractivity contribution in [3.63, 3.8) is 0 Å². The Labute approximate surface area is 107 Å². The Bertz CT molecular complexity index is 399. The molecular formula is C13H20N2O3. The lowest BCUT2D eigenvalue weighted by Crippen LogP contribution is -2.46. The van der Waals surface area contributed by atoms with Crippen molar-refractivity contribution in [3.8, 4) is 11.5 Å². The fourth-order valence-electron chi connectivity index (χ4n) is 1.22. The number of hydrogen-bond donors (Lipinski definition) is 2. The standard InChI is InChI=1S/C13H20N2O3/c1-13(2,14)9-15-12(16)8-18-11-6-4-5-10(7-11)17-3/h4-7H,8-9,14H2,1-3H3,(H,15,16). The zero-order chi connectivity index (χ0) is 13.6. The van der Waals surface area contributed by atoms with E-state index < -0.39 is 5.54 Å². The van der Waals surface area contributed by atoms with Crippen molar-refractivity contribution >= 4 is 5.91 Å². The van der Waals surface area contributed by atoms with Gasteiger partial charge in [0.2, 0.25) is 0 Å². The van der Waals surface area contributed by atoms with Gasteiger partial charge in [-0.15, -0.1) is 0 Å². The first-order chi connectivity index (χ1) is 8.40. The molecule has 5 heteroatoms. The average molecular weight is 252 g/mol. The molecule has 3 N–H and O–H groups in total. The first kappa shape index (κ1) is 14.3. The van der Waals surface area contributed by atoms with Crippen LogP contribution in [0.1, 0.15) is 13.8 Å². The Hall–Kier alpha value is -1.75. The van der Waals surface area contributed by atoms with E-state index in [4.69, 9.17) is 15.2 Å². The molecule has 1 aromatic carbocycles. The van der Waals surface area contributed by atoms with Gasteiger partial charge in [-0.05, 0) is 26.0 Å². The predicted molar refractivity (Wildman–Crippen MR) is 69.8 cm³/mol. The molecule has 0 aliphatic carbocycles. The van der Waals surface area contributed by atoms with Crippen LogP contribution in [-0.4, -0.2) is 31.7 Å². The van der Waals surface area contributed by atoms with E-state index >= 15 is 0 Å². The molecule has 0 fully saturated rings. The smallest absolute Gasteiger partial charge is 0.258 e. The number of methoxy groups -OCH3 is 1. The van der Waals surface area contributed by atoms with Crippen LogP contribution in [0.4, 0.5) is 0 Å². The van der Waals surface area contributed by atoms with Gasteiger partial charge >= 0.3 is 0 Å². The Morgan fingerprint density at radius 1 is 1.39 bits per heavy atom. The lowest BCUT2D eigenvalue weighted by Gasteiger charge is -2.18. The summed E-state index contributed by atoms with van der Waals surface area (Å²) in [5, 5.41) is 2.70. The van der Waals surface area contributed by atoms with Crippen LogP contribution in [-0.2, 0) is 4.79 Å². The van der Waals surface area contributed by atoms with Crippen molar-refractivity contribution < 1.29 is 14.3 Å². The lowest BCUT2D eigenvalue weighted by atomic mass is 10.1. The van der Waals surface area contributed by atoms with E-state index in [-0.39, 0.29) is 12.5 Å². The molecule has 1 rings (SSSR count). The number of hydrogen-bond acceptors (Lipinski definition) is 4. The van der Waals surface area contributed by atoms with Gasteiger partial charge in [0.15, 0.2) is 6.61 Å². The molecule has 0 saturated carbocycles. The number of ether oxygens (including phenoxy) is 2. The van der Waals surface area contributed by atoms with Crippen molar-refractivity contribution in [1.82, 2.24) is 5.32 Å². The van der Waals surface area contributed by atoms with E-state index in [2.05, 4.69) is 5.32 Å². The molecule has 0 radical (unpaired) electrons. The van der Waals surface area contributed by atoms with Gasteiger partial charge in [-0.1, -0.05) is 6.07 Å². The Kier molecular flexibility index (Phi) is 4.97. The number of carbonyl (C=O) groups excluding carboxylic acids is 1. The molecule has 100 valence electrons. The molecule has 1 aromatic rings. The molecule has 0 bridgehead atoms. The summed E-state index contributed by atoms with van der Waals surface area (Å²) in [6, 6.07) is 7.10. The van der Waals surface area contributed by atoms with E-state index in [1.165, 1.54) is 0 Å². The van der Waals surface area contributed by atoms with Gasteiger partial charge in [-0.2, -0.15) is 0 Å². The minimum absolute atomic E-state index is 0.0384. The zero-order valence-corrected chi connectivity index (χ0v) is 11.0. The molecule has 5 nitrogen and oxygen atoms in total. The van der Waals surface area contributed by atoms with E-state index in [1.54, 1.807) is 25.3 Å². The molecule has 0 aliphatic rings. The first-order valence-electron chi connectivity index (χ1n) is 5.73. The Morgan fingerprint density at radius 3 is 2.67 bits per heavy atom. The third-order valence-electron chi connectivity index (χ3n) is 2.15.